The predicted octanol–water partition coefficient (Wildman–Crippen LogP) is 6.73. The van der Waals surface area contributed by atoms with Crippen LogP contribution in [0.1, 0.15) is 103 Å². The highest BCUT2D eigenvalue weighted by atomic mass is 14.4. The molecule has 2 aliphatic carbocycles. The van der Waals surface area contributed by atoms with Gasteiger partial charge < -0.3 is 0 Å². The first-order valence-corrected chi connectivity index (χ1v) is 9.42. The molecule has 0 heterocycles. The summed E-state index contributed by atoms with van der Waals surface area (Å²) in [6.07, 6.45) is 22.8. The molecule has 0 aromatic heterocycles. The number of hydrogen-bond donors (Lipinski definition) is 0. The van der Waals surface area contributed by atoms with E-state index in [1.807, 2.05) is 0 Å². The summed E-state index contributed by atoms with van der Waals surface area (Å²) in [6.45, 7) is 2.31. The third-order valence-corrected chi connectivity index (χ3v) is 5.91. The molecule has 2 saturated carbocycles. The Morgan fingerprint density at radius 3 is 2.16 bits per heavy atom. The van der Waals surface area contributed by atoms with E-state index in [1.165, 1.54) is 64.2 Å². The molecular weight excluding hydrogens is 228 g/mol. The SMILES string of the molecule is CCCCCCCCCCC1CCC2CCCCC12. The van der Waals surface area contributed by atoms with Crippen LogP contribution in [-0.4, -0.2) is 0 Å². The van der Waals surface area contributed by atoms with Gasteiger partial charge in [0.25, 0.3) is 0 Å². The van der Waals surface area contributed by atoms with Crippen molar-refractivity contribution in [3.05, 3.63) is 0 Å². The Morgan fingerprint density at radius 2 is 1.37 bits per heavy atom. The quantitative estimate of drug-likeness (QED) is 0.405. The summed E-state index contributed by atoms with van der Waals surface area (Å²) >= 11 is 0. The monoisotopic (exact) mass is 264 g/mol. The standard InChI is InChI=1S/C19H36/c1-2-3-4-5-6-7-8-9-12-17-15-16-18-13-10-11-14-19(17)18/h17-19H,2-16H2,1H3. The van der Waals surface area contributed by atoms with Gasteiger partial charge in [0.05, 0.1) is 0 Å². The molecule has 0 bridgehead atoms. The van der Waals surface area contributed by atoms with Crippen LogP contribution in [-0.2, 0) is 0 Å². The predicted molar refractivity (Wildman–Crippen MR) is 85.4 cm³/mol. The van der Waals surface area contributed by atoms with Crippen LogP contribution < -0.4 is 0 Å². The molecule has 3 atom stereocenters. The maximum atomic E-state index is 2.31. The van der Waals surface area contributed by atoms with Gasteiger partial charge in [0.1, 0.15) is 0 Å². The Kier molecular flexibility index (Phi) is 7.32. The molecule has 2 fully saturated rings. The lowest BCUT2D eigenvalue weighted by Crippen LogP contribution is -2.19. The second-order valence-electron chi connectivity index (χ2n) is 7.31. The highest BCUT2D eigenvalue weighted by molar-refractivity contribution is 4.87. The fourth-order valence-electron chi connectivity index (χ4n) is 4.76. The van der Waals surface area contributed by atoms with E-state index in [9.17, 15) is 0 Å². The highest BCUT2D eigenvalue weighted by Gasteiger charge is 2.36. The Hall–Kier alpha value is 0. The van der Waals surface area contributed by atoms with Crippen LogP contribution in [0.25, 0.3) is 0 Å². The lowest BCUT2D eigenvalue weighted by Gasteiger charge is -2.29. The molecule has 2 rings (SSSR count). The zero-order chi connectivity index (χ0) is 13.3. The lowest BCUT2D eigenvalue weighted by atomic mass is 9.77. The van der Waals surface area contributed by atoms with Crippen molar-refractivity contribution >= 4 is 0 Å². The summed E-state index contributed by atoms with van der Waals surface area (Å²) in [5.74, 6) is 3.43. The molecule has 0 aromatic carbocycles. The van der Waals surface area contributed by atoms with Gasteiger partial charge in [-0.25, -0.2) is 0 Å². The van der Waals surface area contributed by atoms with Gasteiger partial charge in [0, 0.05) is 0 Å². The van der Waals surface area contributed by atoms with Gasteiger partial charge in [-0.2, -0.15) is 0 Å². The number of hydrogen-bond acceptors (Lipinski definition) is 0. The van der Waals surface area contributed by atoms with Crippen molar-refractivity contribution in [2.75, 3.05) is 0 Å². The summed E-state index contributed by atoms with van der Waals surface area (Å²) < 4.78 is 0. The van der Waals surface area contributed by atoms with E-state index in [1.54, 1.807) is 32.1 Å². The first-order chi connectivity index (χ1) is 9.42. The third kappa shape index (κ3) is 5.12. The second-order valence-corrected chi connectivity index (χ2v) is 7.31. The summed E-state index contributed by atoms with van der Waals surface area (Å²) in [4.78, 5) is 0. The molecule has 0 saturated heterocycles. The molecule has 0 spiro atoms. The van der Waals surface area contributed by atoms with Gasteiger partial charge in [0.15, 0.2) is 0 Å². The van der Waals surface area contributed by atoms with Crippen molar-refractivity contribution in [1.82, 2.24) is 0 Å². The van der Waals surface area contributed by atoms with Crippen molar-refractivity contribution in [2.24, 2.45) is 17.8 Å². The number of unbranched alkanes of at least 4 members (excludes halogenated alkanes) is 7. The molecule has 3 unspecified atom stereocenters. The van der Waals surface area contributed by atoms with Crippen LogP contribution in [0.2, 0.25) is 0 Å². The van der Waals surface area contributed by atoms with E-state index in [-0.39, 0.29) is 0 Å². The van der Waals surface area contributed by atoms with Crippen LogP contribution in [0.15, 0.2) is 0 Å². The normalized spacial score (nSPS) is 30.5. The molecule has 0 radical (unpaired) electrons. The zero-order valence-corrected chi connectivity index (χ0v) is 13.3. The fraction of sp³-hybridized carbons (Fsp3) is 1.00. The molecule has 0 nitrogen and oxygen atoms in total. The van der Waals surface area contributed by atoms with Crippen LogP contribution in [0.5, 0.6) is 0 Å². The summed E-state index contributed by atoms with van der Waals surface area (Å²) in [6, 6.07) is 0. The van der Waals surface area contributed by atoms with Gasteiger partial charge >= 0.3 is 0 Å². The van der Waals surface area contributed by atoms with Crippen LogP contribution in [0, 0.1) is 17.8 Å². The topological polar surface area (TPSA) is 0 Å². The Balaban J connectivity index is 1.47. The minimum Gasteiger partial charge on any atom is -0.0654 e. The smallest absolute Gasteiger partial charge is 0.0357 e. The van der Waals surface area contributed by atoms with Gasteiger partial charge in [0.2, 0.25) is 0 Å². The minimum atomic E-state index is 1.13. The molecule has 0 aromatic rings. The number of rotatable bonds is 9. The van der Waals surface area contributed by atoms with Gasteiger partial charge in [-0.05, 0) is 37.0 Å². The van der Waals surface area contributed by atoms with E-state index in [0.29, 0.717) is 0 Å². The largest absolute Gasteiger partial charge is 0.0654 e. The molecule has 2 aliphatic rings. The number of fused-ring (bicyclic) bond motifs is 1. The molecular formula is C19H36. The van der Waals surface area contributed by atoms with E-state index in [2.05, 4.69) is 6.92 Å². The van der Waals surface area contributed by atoms with E-state index < -0.39 is 0 Å². The van der Waals surface area contributed by atoms with Crippen molar-refractivity contribution in [1.29, 1.82) is 0 Å². The van der Waals surface area contributed by atoms with Crippen molar-refractivity contribution in [3.8, 4) is 0 Å². The van der Waals surface area contributed by atoms with Gasteiger partial charge in [-0.3, -0.25) is 0 Å². The van der Waals surface area contributed by atoms with Gasteiger partial charge in [-0.15, -0.1) is 0 Å². The van der Waals surface area contributed by atoms with Crippen molar-refractivity contribution in [2.45, 2.75) is 103 Å². The molecule has 0 aliphatic heterocycles. The molecule has 19 heavy (non-hydrogen) atoms. The Bertz CT molecular complexity index is 220. The van der Waals surface area contributed by atoms with Crippen molar-refractivity contribution < 1.29 is 0 Å². The fourth-order valence-corrected chi connectivity index (χ4v) is 4.76. The third-order valence-electron chi connectivity index (χ3n) is 5.91. The maximum absolute atomic E-state index is 2.31. The first kappa shape index (κ1) is 15.4. The van der Waals surface area contributed by atoms with Crippen LogP contribution in [0.3, 0.4) is 0 Å². The minimum absolute atomic E-state index is 1.13. The van der Waals surface area contributed by atoms with Crippen molar-refractivity contribution in [3.63, 3.8) is 0 Å². The molecule has 0 amide bonds. The first-order valence-electron chi connectivity index (χ1n) is 9.42. The molecule has 0 heteroatoms. The average molecular weight is 264 g/mol. The molecule has 0 N–H and O–H groups in total. The Labute approximate surface area is 121 Å². The zero-order valence-electron chi connectivity index (χ0n) is 13.3. The summed E-state index contributed by atoms with van der Waals surface area (Å²) in [7, 11) is 0. The second kappa shape index (κ2) is 9.03. The Morgan fingerprint density at radius 1 is 0.684 bits per heavy atom. The summed E-state index contributed by atoms with van der Waals surface area (Å²) in [5, 5.41) is 0. The van der Waals surface area contributed by atoms with E-state index in [0.717, 1.165) is 17.8 Å². The highest BCUT2D eigenvalue weighted by Crippen LogP contribution is 2.47. The van der Waals surface area contributed by atoms with E-state index in [4.69, 9.17) is 0 Å². The van der Waals surface area contributed by atoms with Gasteiger partial charge in [-0.1, -0.05) is 84.0 Å². The van der Waals surface area contributed by atoms with E-state index >= 15 is 0 Å². The van der Waals surface area contributed by atoms with Crippen LogP contribution in [0.4, 0.5) is 0 Å². The maximum Gasteiger partial charge on any atom is -0.0357 e. The lowest BCUT2D eigenvalue weighted by molar-refractivity contribution is 0.218. The molecule has 112 valence electrons. The van der Waals surface area contributed by atoms with Crippen LogP contribution >= 0.6 is 0 Å². The summed E-state index contributed by atoms with van der Waals surface area (Å²) in [5.41, 5.74) is 0. The average Bonchev–Trinajstić information content (AvgIpc) is 2.85.